The zero-order chi connectivity index (χ0) is 27.0. The Bertz CT molecular complexity index is 1300. The Morgan fingerprint density at radius 1 is 1.00 bits per heavy atom. The second-order valence-electron chi connectivity index (χ2n) is 8.84. The summed E-state index contributed by atoms with van der Waals surface area (Å²) in [6.45, 7) is 5.46. The van der Waals surface area contributed by atoms with Crippen LogP contribution < -0.4 is 0 Å². The molecule has 6 nitrogen and oxygen atoms in total. The van der Waals surface area contributed by atoms with Gasteiger partial charge in [0.25, 0.3) is 0 Å². The summed E-state index contributed by atoms with van der Waals surface area (Å²) >= 11 is 15.7. The molecule has 2 aromatic carbocycles. The van der Waals surface area contributed by atoms with Crippen LogP contribution in [0.15, 0.2) is 70.2 Å². The highest BCUT2D eigenvalue weighted by atomic mass is 79.9. The quantitative estimate of drug-likeness (QED) is 0.208. The summed E-state index contributed by atoms with van der Waals surface area (Å²) < 4.78 is 31.3. The molecule has 3 aromatic rings. The van der Waals surface area contributed by atoms with Crippen molar-refractivity contribution < 1.29 is 13.2 Å². The molecule has 37 heavy (non-hydrogen) atoms. The lowest BCUT2D eigenvalue weighted by atomic mass is 10.2. The number of rotatable bonds is 13. The van der Waals surface area contributed by atoms with Gasteiger partial charge in [-0.15, -0.1) is 0 Å². The maximum atomic E-state index is 13.5. The average Bonchev–Trinajstić information content (AvgIpc) is 3.30. The van der Waals surface area contributed by atoms with Gasteiger partial charge in [0.05, 0.1) is 18.1 Å². The molecule has 1 heterocycles. The van der Waals surface area contributed by atoms with Gasteiger partial charge in [0.1, 0.15) is 4.90 Å². The summed E-state index contributed by atoms with van der Waals surface area (Å²) in [5, 5.41) is 0.341. The van der Waals surface area contributed by atoms with Crippen LogP contribution in [0.4, 0.5) is 0 Å². The predicted molar refractivity (Wildman–Crippen MR) is 154 cm³/mol. The van der Waals surface area contributed by atoms with Crippen LogP contribution in [0.3, 0.4) is 0 Å². The highest BCUT2D eigenvalue weighted by Gasteiger charge is 2.30. The summed E-state index contributed by atoms with van der Waals surface area (Å²) in [6.07, 6.45) is 4.28. The molecule has 1 amide bonds. The lowest BCUT2D eigenvalue weighted by molar-refractivity contribution is -0.132. The fraction of sp³-hybridized carbons (Fsp3) is 0.370. The van der Waals surface area contributed by atoms with E-state index >= 15 is 0 Å². The predicted octanol–water partition coefficient (Wildman–Crippen LogP) is 6.84. The lowest BCUT2D eigenvalue weighted by Gasteiger charge is -2.28. The maximum Gasteiger partial charge on any atom is 0.245 e. The van der Waals surface area contributed by atoms with Crippen molar-refractivity contribution in [2.24, 2.45) is 0 Å². The molecule has 0 spiro atoms. The molecular weight excluding hydrogens is 597 g/mol. The highest BCUT2D eigenvalue weighted by Crippen LogP contribution is 2.28. The molecule has 200 valence electrons. The standard InChI is InChI=1S/C27H32BrCl2N3O3S/c1-3-5-15-32(19-24-7-6-16-31(24)18-21-8-10-22(28)11-9-21)27(34)20-33(14-4-2)37(35,36)26-17-23(29)12-13-25(26)30/h6-13,16-17H,3-5,14-15,18-20H2,1-2H3. The second kappa shape index (κ2) is 13.8. The van der Waals surface area contributed by atoms with Crippen molar-refractivity contribution in [3.8, 4) is 0 Å². The van der Waals surface area contributed by atoms with Gasteiger partial charge >= 0.3 is 0 Å². The van der Waals surface area contributed by atoms with Gasteiger partial charge in [0.2, 0.25) is 15.9 Å². The van der Waals surface area contributed by atoms with E-state index < -0.39 is 10.0 Å². The molecule has 0 N–H and O–H groups in total. The molecule has 1 aromatic heterocycles. The van der Waals surface area contributed by atoms with Crippen LogP contribution in [0.25, 0.3) is 0 Å². The molecule has 3 rings (SSSR count). The average molecular weight is 629 g/mol. The van der Waals surface area contributed by atoms with Crippen molar-refractivity contribution in [2.75, 3.05) is 19.6 Å². The van der Waals surface area contributed by atoms with E-state index in [-0.39, 0.29) is 33.9 Å². The van der Waals surface area contributed by atoms with Gasteiger partial charge < -0.3 is 9.47 Å². The van der Waals surface area contributed by atoms with Crippen molar-refractivity contribution in [1.82, 2.24) is 13.8 Å². The summed E-state index contributed by atoms with van der Waals surface area (Å²) in [7, 11) is -4.02. The van der Waals surface area contributed by atoms with E-state index in [2.05, 4.69) is 39.6 Å². The molecule has 0 atom stereocenters. The Kier molecular flexibility index (Phi) is 11.1. The number of carbonyl (C=O) groups is 1. The number of sulfonamides is 1. The minimum Gasteiger partial charge on any atom is -0.345 e. The van der Waals surface area contributed by atoms with E-state index in [0.29, 0.717) is 26.1 Å². The molecule has 0 aliphatic heterocycles. The molecule has 0 aliphatic rings. The smallest absolute Gasteiger partial charge is 0.245 e. The molecule has 0 bridgehead atoms. The van der Waals surface area contributed by atoms with Crippen molar-refractivity contribution >= 4 is 55.1 Å². The topological polar surface area (TPSA) is 62.6 Å². The minimum atomic E-state index is -4.02. The monoisotopic (exact) mass is 627 g/mol. The molecule has 0 unspecified atom stereocenters. The van der Waals surface area contributed by atoms with Gasteiger partial charge in [0, 0.05) is 41.0 Å². The third-order valence-corrected chi connectivity index (χ3v) is 9.06. The van der Waals surface area contributed by atoms with Crippen LogP contribution in [0, 0.1) is 0 Å². The van der Waals surface area contributed by atoms with Crippen molar-refractivity contribution in [2.45, 2.75) is 51.1 Å². The molecule has 0 fully saturated rings. The van der Waals surface area contributed by atoms with Crippen LogP contribution in [0.1, 0.15) is 44.4 Å². The Morgan fingerprint density at radius 3 is 2.41 bits per heavy atom. The van der Waals surface area contributed by atoms with E-state index in [1.54, 1.807) is 4.90 Å². The van der Waals surface area contributed by atoms with E-state index in [1.165, 1.54) is 22.5 Å². The van der Waals surface area contributed by atoms with Crippen LogP contribution >= 0.6 is 39.1 Å². The van der Waals surface area contributed by atoms with Crippen LogP contribution in [0.2, 0.25) is 10.0 Å². The summed E-state index contributed by atoms with van der Waals surface area (Å²) in [5.74, 6) is -0.250. The number of carbonyl (C=O) groups excluding carboxylic acids is 1. The summed E-state index contributed by atoms with van der Waals surface area (Å²) in [4.78, 5) is 15.2. The first kappa shape index (κ1) is 29.7. The molecule has 10 heteroatoms. The van der Waals surface area contributed by atoms with E-state index in [4.69, 9.17) is 23.2 Å². The van der Waals surface area contributed by atoms with Gasteiger partial charge in [-0.05, 0) is 60.9 Å². The summed E-state index contributed by atoms with van der Waals surface area (Å²) in [6, 6.07) is 16.4. The van der Waals surface area contributed by atoms with Crippen LogP contribution in [0.5, 0.6) is 0 Å². The number of hydrogen-bond acceptors (Lipinski definition) is 3. The first-order chi connectivity index (χ1) is 17.6. The van der Waals surface area contributed by atoms with Crippen LogP contribution in [-0.2, 0) is 27.9 Å². The Hall–Kier alpha value is -1.84. The molecule has 0 aliphatic carbocycles. The third kappa shape index (κ3) is 8.07. The van der Waals surface area contributed by atoms with E-state index in [9.17, 15) is 13.2 Å². The first-order valence-electron chi connectivity index (χ1n) is 12.3. The van der Waals surface area contributed by atoms with Gasteiger partial charge in [-0.2, -0.15) is 4.31 Å². The molecule has 0 saturated carbocycles. The highest BCUT2D eigenvalue weighted by molar-refractivity contribution is 9.10. The maximum absolute atomic E-state index is 13.5. The molecule has 0 saturated heterocycles. The SMILES string of the molecule is CCCCN(Cc1cccn1Cc1ccc(Br)cc1)C(=O)CN(CCC)S(=O)(=O)c1cc(Cl)ccc1Cl. The Morgan fingerprint density at radius 2 is 1.73 bits per heavy atom. The van der Waals surface area contributed by atoms with Gasteiger partial charge in [-0.25, -0.2) is 8.42 Å². The van der Waals surface area contributed by atoms with Gasteiger partial charge in [-0.1, -0.05) is 71.5 Å². The fourth-order valence-electron chi connectivity index (χ4n) is 3.97. The number of aromatic nitrogens is 1. The number of halogens is 3. The van der Waals surface area contributed by atoms with Crippen molar-refractivity contribution in [3.63, 3.8) is 0 Å². The van der Waals surface area contributed by atoms with Crippen molar-refractivity contribution in [3.05, 3.63) is 86.6 Å². The molecule has 0 radical (unpaired) electrons. The molecular formula is C27H32BrCl2N3O3S. The normalized spacial score (nSPS) is 11.7. The minimum absolute atomic E-state index is 0.0755. The summed E-state index contributed by atoms with van der Waals surface area (Å²) in [5.41, 5.74) is 2.13. The van der Waals surface area contributed by atoms with Gasteiger partial charge in [0.15, 0.2) is 0 Å². The number of hydrogen-bond donors (Lipinski definition) is 0. The zero-order valence-corrected chi connectivity index (χ0v) is 25.0. The Labute approximate surface area is 238 Å². The number of nitrogens with zero attached hydrogens (tertiary/aromatic N) is 3. The van der Waals surface area contributed by atoms with E-state index in [1.807, 2.05) is 37.4 Å². The lowest BCUT2D eigenvalue weighted by Crippen LogP contribution is -2.43. The second-order valence-corrected chi connectivity index (χ2v) is 12.5. The Balaban J connectivity index is 1.82. The number of amides is 1. The fourth-order valence-corrected chi connectivity index (χ4v) is 6.45. The van der Waals surface area contributed by atoms with Crippen molar-refractivity contribution in [1.29, 1.82) is 0 Å². The van der Waals surface area contributed by atoms with E-state index in [0.717, 1.165) is 28.6 Å². The third-order valence-electron chi connectivity index (χ3n) is 5.97. The zero-order valence-electron chi connectivity index (χ0n) is 21.0. The number of benzene rings is 2. The first-order valence-corrected chi connectivity index (χ1v) is 15.3. The number of unbranched alkanes of at least 4 members (excludes halogenated alkanes) is 1. The largest absolute Gasteiger partial charge is 0.345 e. The van der Waals surface area contributed by atoms with Crippen LogP contribution in [-0.4, -0.2) is 47.7 Å². The van der Waals surface area contributed by atoms with Gasteiger partial charge in [-0.3, -0.25) is 4.79 Å².